The zero-order valence-corrected chi connectivity index (χ0v) is 14.1. The molecule has 1 aromatic carbocycles. The van der Waals surface area contributed by atoms with Crippen LogP contribution in [0.25, 0.3) is 0 Å². The van der Waals surface area contributed by atoms with Gasteiger partial charge in [-0.25, -0.2) is 4.79 Å². The molecule has 0 fully saturated rings. The van der Waals surface area contributed by atoms with Crippen LogP contribution in [0.3, 0.4) is 0 Å². The average Bonchev–Trinajstić information content (AvgIpc) is 2.54. The van der Waals surface area contributed by atoms with E-state index in [4.69, 9.17) is 0 Å². The first-order valence-corrected chi connectivity index (χ1v) is 8.39. The lowest BCUT2D eigenvalue weighted by atomic mass is 9.98. The lowest BCUT2D eigenvalue weighted by Gasteiger charge is -2.25. The maximum absolute atomic E-state index is 11.9. The summed E-state index contributed by atoms with van der Waals surface area (Å²) in [6.07, 6.45) is 6.01. The molecule has 0 heterocycles. The normalized spacial score (nSPS) is 11.3. The fourth-order valence-corrected chi connectivity index (χ4v) is 2.25. The molecule has 0 saturated heterocycles. The number of benzene rings is 1. The molecular formula is C18H30N2O2. The summed E-state index contributed by atoms with van der Waals surface area (Å²) in [5.74, 6) is 0. The average molecular weight is 306 g/mol. The van der Waals surface area contributed by atoms with Crippen LogP contribution in [0.4, 0.5) is 10.5 Å². The number of hydrogen-bond acceptors (Lipinski definition) is 2. The molecule has 22 heavy (non-hydrogen) atoms. The number of nitrogens with one attached hydrogen (secondary N) is 2. The Labute approximate surface area is 134 Å². The molecule has 0 saturated carbocycles. The molecule has 0 atom stereocenters. The van der Waals surface area contributed by atoms with E-state index in [1.54, 1.807) is 0 Å². The van der Waals surface area contributed by atoms with E-state index in [1.807, 2.05) is 26.0 Å². The summed E-state index contributed by atoms with van der Waals surface area (Å²) in [5.41, 5.74) is 1.25. The van der Waals surface area contributed by atoms with Gasteiger partial charge in [0.2, 0.25) is 0 Å². The molecular weight excluding hydrogens is 276 g/mol. The van der Waals surface area contributed by atoms with Gasteiger partial charge < -0.3 is 15.7 Å². The van der Waals surface area contributed by atoms with Gasteiger partial charge in [0.25, 0.3) is 0 Å². The van der Waals surface area contributed by atoms with Crippen molar-refractivity contribution in [2.24, 2.45) is 0 Å². The van der Waals surface area contributed by atoms with Crippen molar-refractivity contribution in [1.82, 2.24) is 5.32 Å². The second-order valence-corrected chi connectivity index (χ2v) is 5.89. The van der Waals surface area contributed by atoms with Crippen LogP contribution < -0.4 is 10.6 Å². The highest BCUT2D eigenvalue weighted by Crippen LogP contribution is 2.14. The number of hydrogen-bond donors (Lipinski definition) is 3. The fraction of sp³-hybridized carbons (Fsp3) is 0.611. The number of aliphatic hydroxyl groups is 1. The Morgan fingerprint density at radius 2 is 1.73 bits per heavy atom. The topological polar surface area (TPSA) is 61.4 Å². The Bertz CT molecular complexity index is 439. The lowest BCUT2D eigenvalue weighted by molar-refractivity contribution is 0.0354. The predicted octanol–water partition coefficient (Wildman–Crippen LogP) is 4.09. The molecule has 0 bridgehead atoms. The smallest absolute Gasteiger partial charge is 0.319 e. The molecule has 4 nitrogen and oxygen atoms in total. The van der Waals surface area contributed by atoms with Gasteiger partial charge in [0.1, 0.15) is 0 Å². The number of anilines is 1. The Balaban J connectivity index is 2.41. The Morgan fingerprint density at radius 1 is 1.09 bits per heavy atom. The minimum Gasteiger partial charge on any atom is -0.388 e. The van der Waals surface area contributed by atoms with Crippen LogP contribution in [0.1, 0.15) is 58.4 Å². The van der Waals surface area contributed by atoms with Crippen LogP contribution in [0.15, 0.2) is 24.3 Å². The first-order chi connectivity index (χ1) is 10.5. The van der Waals surface area contributed by atoms with Crippen molar-refractivity contribution in [2.45, 2.75) is 64.9 Å². The Hall–Kier alpha value is -1.55. The monoisotopic (exact) mass is 306 g/mol. The lowest BCUT2D eigenvalue weighted by Crippen LogP contribution is -2.43. The van der Waals surface area contributed by atoms with Crippen LogP contribution >= 0.6 is 0 Å². The van der Waals surface area contributed by atoms with Crippen molar-refractivity contribution in [3.05, 3.63) is 29.8 Å². The number of carbonyl (C=O) groups is 1. The highest BCUT2D eigenvalue weighted by Gasteiger charge is 2.22. The van der Waals surface area contributed by atoms with Gasteiger partial charge in [-0.05, 0) is 43.4 Å². The van der Waals surface area contributed by atoms with Gasteiger partial charge in [0, 0.05) is 12.2 Å². The summed E-state index contributed by atoms with van der Waals surface area (Å²) < 4.78 is 0. The summed E-state index contributed by atoms with van der Waals surface area (Å²) in [4.78, 5) is 11.9. The minimum atomic E-state index is -0.819. The summed E-state index contributed by atoms with van der Waals surface area (Å²) in [5, 5.41) is 15.7. The highest BCUT2D eigenvalue weighted by molar-refractivity contribution is 5.89. The Kier molecular flexibility index (Phi) is 7.96. The molecule has 1 aromatic rings. The third kappa shape index (κ3) is 6.48. The largest absolute Gasteiger partial charge is 0.388 e. The van der Waals surface area contributed by atoms with Crippen LogP contribution in [0, 0.1) is 0 Å². The third-order valence-corrected chi connectivity index (χ3v) is 4.18. The molecule has 1 rings (SSSR count). The van der Waals surface area contributed by atoms with Crippen molar-refractivity contribution < 1.29 is 9.90 Å². The molecule has 124 valence electrons. The van der Waals surface area contributed by atoms with E-state index in [9.17, 15) is 9.90 Å². The molecule has 0 unspecified atom stereocenters. The van der Waals surface area contributed by atoms with E-state index in [2.05, 4.69) is 29.7 Å². The maximum Gasteiger partial charge on any atom is 0.319 e. The Morgan fingerprint density at radius 3 is 2.27 bits per heavy atom. The minimum absolute atomic E-state index is 0.265. The van der Waals surface area contributed by atoms with Crippen molar-refractivity contribution >= 4 is 11.7 Å². The van der Waals surface area contributed by atoms with E-state index in [1.165, 1.54) is 24.8 Å². The summed E-state index contributed by atoms with van der Waals surface area (Å²) in [6.45, 7) is 6.30. The van der Waals surface area contributed by atoms with Crippen molar-refractivity contribution in [1.29, 1.82) is 0 Å². The molecule has 0 aliphatic carbocycles. The highest BCUT2D eigenvalue weighted by atomic mass is 16.3. The number of amides is 2. The number of urea groups is 1. The van der Waals surface area contributed by atoms with Crippen molar-refractivity contribution in [3.63, 3.8) is 0 Å². The summed E-state index contributed by atoms with van der Waals surface area (Å²) in [7, 11) is 0. The van der Waals surface area contributed by atoms with Gasteiger partial charge in [-0.2, -0.15) is 0 Å². The van der Waals surface area contributed by atoms with Gasteiger partial charge in [0.05, 0.1) is 5.60 Å². The first-order valence-electron chi connectivity index (χ1n) is 8.39. The third-order valence-electron chi connectivity index (χ3n) is 4.18. The molecule has 0 aromatic heterocycles. The van der Waals surface area contributed by atoms with Crippen LogP contribution in [0.2, 0.25) is 0 Å². The molecule has 3 N–H and O–H groups in total. The van der Waals surface area contributed by atoms with E-state index in [0.29, 0.717) is 12.8 Å². The number of unbranched alkanes of at least 4 members (excludes halogenated alkanes) is 2. The van der Waals surface area contributed by atoms with Crippen molar-refractivity contribution in [2.75, 3.05) is 11.9 Å². The first kappa shape index (κ1) is 18.5. The van der Waals surface area contributed by atoms with Crippen LogP contribution in [0.5, 0.6) is 0 Å². The number of aryl methyl sites for hydroxylation is 1. The summed E-state index contributed by atoms with van der Waals surface area (Å²) in [6, 6.07) is 7.68. The zero-order chi connectivity index (χ0) is 16.4. The van der Waals surface area contributed by atoms with Gasteiger partial charge in [-0.1, -0.05) is 45.7 Å². The fourth-order valence-electron chi connectivity index (χ4n) is 2.25. The number of carbonyl (C=O) groups excluding carboxylic acids is 1. The predicted molar refractivity (Wildman–Crippen MR) is 92.2 cm³/mol. The van der Waals surface area contributed by atoms with E-state index < -0.39 is 5.60 Å². The molecule has 0 aliphatic rings. The second-order valence-electron chi connectivity index (χ2n) is 5.89. The maximum atomic E-state index is 11.9. The van der Waals surface area contributed by atoms with Gasteiger partial charge in [0.15, 0.2) is 0 Å². The van der Waals surface area contributed by atoms with Gasteiger partial charge in [-0.15, -0.1) is 0 Å². The van der Waals surface area contributed by atoms with Gasteiger partial charge >= 0.3 is 6.03 Å². The summed E-state index contributed by atoms with van der Waals surface area (Å²) >= 11 is 0. The molecule has 4 heteroatoms. The molecule has 0 radical (unpaired) electrons. The zero-order valence-electron chi connectivity index (χ0n) is 14.1. The van der Waals surface area contributed by atoms with Crippen LogP contribution in [-0.4, -0.2) is 23.3 Å². The molecule has 2 amide bonds. The molecule has 0 aliphatic heterocycles. The van der Waals surface area contributed by atoms with E-state index >= 15 is 0 Å². The van der Waals surface area contributed by atoms with Crippen molar-refractivity contribution in [3.8, 4) is 0 Å². The van der Waals surface area contributed by atoms with Crippen LogP contribution in [-0.2, 0) is 6.42 Å². The second kappa shape index (κ2) is 9.46. The molecule has 0 spiro atoms. The quantitative estimate of drug-likeness (QED) is 0.602. The van der Waals surface area contributed by atoms with Gasteiger partial charge in [-0.3, -0.25) is 0 Å². The number of rotatable bonds is 9. The SMILES string of the molecule is CCCCCc1ccc(NC(=O)NCC(O)(CC)CC)cc1. The van der Waals surface area contributed by atoms with E-state index in [0.717, 1.165) is 12.1 Å². The standard InChI is InChI=1S/C18H30N2O2/c1-4-7-8-9-15-10-12-16(13-11-15)20-17(21)19-14-18(22,5-2)6-3/h10-13,22H,4-9,14H2,1-3H3,(H2,19,20,21). The van der Waals surface area contributed by atoms with E-state index in [-0.39, 0.29) is 12.6 Å².